The van der Waals surface area contributed by atoms with Gasteiger partial charge < -0.3 is 10.1 Å². The predicted octanol–water partition coefficient (Wildman–Crippen LogP) is 2.11. The number of esters is 1. The van der Waals surface area contributed by atoms with Gasteiger partial charge in [0.25, 0.3) is 5.91 Å². The third-order valence-electron chi connectivity index (χ3n) is 1.72. The molecule has 7 heteroatoms. The monoisotopic (exact) mass is 373 g/mol. The second-order valence-electron chi connectivity index (χ2n) is 2.80. The van der Waals surface area contributed by atoms with Crippen molar-refractivity contribution in [2.45, 2.75) is 3.92 Å². The summed E-state index contributed by atoms with van der Waals surface area (Å²) in [5.41, 5.74) is 0. The van der Waals surface area contributed by atoms with Gasteiger partial charge in [0.2, 0.25) is 0 Å². The van der Waals surface area contributed by atoms with Gasteiger partial charge >= 0.3 is 5.97 Å². The molecule has 0 bridgehead atoms. The first kappa shape index (κ1) is 13.7. The van der Waals surface area contributed by atoms with E-state index in [4.69, 9.17) is 11.6 Å². The second-order valence-corrected chi connectivity index (χ2v) is 5.63. The van der Waals surface area contributed by atoms with Crippen LogP contribution in [0, 0.1) is 0 Å². The number of ether oxygens (including phenoxy) is 1. The van der Waals surface area contributed by atoms with E-state index in [2.05, 4.69) is 10.1 Å². The molecule has 0 spiro atoms. The summed E-state index contributed by atoms with van der Waals surface area (Å²) in [6, 6.07) is 1.66. The molecular weight excluding hydrogens is 365 g/mol. The zero-order valence-electron chi connectivity index (χ0n) is 8.33. The molecule has 0 fully saturated rings. The predicted molar refractivity (Wildman–Crippen MR) is 71.5 cm³/mol. The number of nitrogens with one attached hydrogen (secondary N) is 1. The van der Waals surface area contributed by atoms with E-state index in [1.807, 2.05) is 22.6 Å². The van der Waals surface area contributed by atoms with Crippen LogP contribution in [0.4, 0.5) is 0 Å². The van der Waals surface area contributed by atoms with Crippen molar-refractivity contribution in [3.63, 3.8) is 0 Å². The van der Waals surface area contributed by atoms with Gasteiger partial charge in [-0.15, -0.1) is 11.3 Å². The summed E-state index contributed by atoms with van der Waals surface area (Å²) < 4.78 is 4.14. The molecule has 0 radical (unpaired) electrons. The van der Waals surface area contributed by atoms with Crippen molar-refractivity contribution in [2.75, 3.05) is 13.7 Å². The lowest BCUT2D eigenvalue weighted by Gasteiger charge is -2.08. The minimum absolute atomic E-state index is 0.223. The van der Waals surface area contributed by atoms with Crippen LogP contribution in [0.3, 0.4) is 0 Å². The first-order valence-electron chi connectivity index (χ1n) is 4.29. The Kier molecular flexibility index (Phi) is 5.50. The maximum absolute atomic E-state index is 11.6. The third-order valence-corrected chi connectivity index (χ3v) is 4.01. The van der Waals surface area contributed by atoms with Gasteiger partial charge in [0.05, 0.1) is 12.1 Å². The second kappa shape index (κ2) is 6.41. The third kappa shape index (κ3) is 3.60. The van der Waals surface area contributed by atoms with E-state index in [0.717, 1.165) is 0 Å². The highest BCUT2D eigenvalue weighted by molar-refractivity contribution is 14.1. The number of carbonyl (C=O) groups excluding carboxylic acids is 2. The fraction of sp³-hybridized carbons (Fsp3) is 0.333. The fourth-order valence-corrected chi connectivity index (χ4v) is 2.46. The maximum Gasteiger partial charge on any atom is 0.320 e. The number of hydrogen-bond acceptors (Lipinski definition) is 4. The van der Waals surface area contributed by atoms with E-state index in [0.29, 0.717) is 9.90 Å². The molecule has 1 aromatic heterocycles. The van der Waals surface area contributed by atoms with Gasteiger partial charge in [-0.25, -0.2) is 0 Å². The normalized spacial score (nSPS) is 11.9. The van der Waals surface area contributed by atoms with Crippen LogP contribution in [0.25, 0.3) is 0 Å². The smallest absolute Gasteiger partial charge is 0.320 e. The number of amides is 1. The Morgan fingerprint density at radius 3 is 2.88 bits per heavy atom. The van der Waals surface area contributed by atoms with Crippen LogP contribution in [0.15, 0.2) is 11.4 Å². The fourth-order valence-electron chi connectivity index (χ4n) is 0.930. The van der Waals surface area contributed by atoms with E-state index in [1.54, 1.807) is 11.4 Å². The summed E-state index contributed by atoms with van der Waals surface area (Å²) in [6.45, 7) is 0.223. The molecule has 0 saturated carbocycles. The number of alkyl halides is 1. The molecule has 1 amide bonds. The van der Waals surface area contributed by atoms with Crippen LogP contribution in [-0.2, 0) is 9.53 Å². The summed E-state index contributed by atoms with van der Waals surface area (Å²) in [4.78, 5) is 23.1. The lowest BCUT2D eigenvalue weighted by atomic mass is 10.4. The molecule has 1 rings (SSSR count). The Balaban J connectivity index is 2.48. The average molecular weight is 374 g/mol. The Morgan fingerprint density at radius 2 is 2.38 bits per heavy atom. The van der Waals surface area contributed by atoms with Crippen molar-refractivity contribution in [3.8, 4) is 0 Å². The molecule has 0 aliphatic heterocycles. The molecule has 1 N–H and O–H groups in total. The van der Waals surface area contributed by atoms with Gasteiger partial charge in [-0.2, -0.15) is 0 Å². The van der Waals surface area contributed by atoms with Crippen molar-refractivity contribution in [1.29, 1.82) is 0 Å². The zero-order chi connectivity index (χ0) is 12.1. The van der Waals surface area contributed by atoms with Crippen LogP contribution < -0.4 is 5.32 Å². The molecular formula is C9H9ClINO3S. The number of rotatable bonds is 4. The molecule has 0 aliphatic carbocycles. The molecule has 4 nitrogen and oxygen atoms in total. The Labute approximate surface area is 115 Å². The Bertz CT molecular complexity index is 396. The molecule has 1 atom stereocenters. The molecule has 1 unspecified atom stereocenters. The van der Waals surface area contributed by atoms with Crippen LogP contribution >= 0.6 is 45.5 Å². The molecule has 1 aromatic rings. The number of hydrogen-bond donors (Lipinski definition) is 1. The number of thiophene rings is 1. The van der Waals surface area contributed by atoms with Gasteiger partial charge in [0.15, 0.2) is 0 Å². The number of carbonyl (C=O) groups is 2. The van der Waals surface area contributed by atoms with E-state index in [-0.39, 0.29) is 18.4 Å². The van der Waals surface area contributed by atoms with Crippen molar-refractivity contribution < 1.29 is 14.3 Å². The highest BCUT2D eigenvalue weighted by atomic mass is 127. The van der Waals surface area contributed by atoms with Crippen molar-refractivity contribution in [2.24, 2.45) is 0 Å². The minimum atomic E-state index is -0.398. The number of halogens is 2. The van der Waals surface area contributed by atoms with E-state index >= 15 is 0 Å². The van der Waals surface area contributed by atoms with E-state index in [9.17, 15) is 9.59 Å². The first-order valence-corrected chi connectivity index (χ1v) is 6.79. The molecule has 0 aliphatic rings. The zero-order valence-corrected chi connectivity index (χ0v) is 12.1. The quantitative estimate of drug-likeness (QED) is 0.500. The number of methoxy groups -OCH3 is 1. The van der Waals surface area contributed by atoms with Crippen LogP contribution in [-0.4, -0.2) is 29.5 Å². The lowest BCUT2D eigenvalue weighted by Crippen LogP contribution is -2.33. The van der Waals surface area contributed by atoms with Crippen molar-refractivity contribution in [1.82, 2.24) is 5.32 Å². The molecule has 1 heterocycles. The minimum Gasteiger partial charge on any atom is -0.468 e. The van der Waals surface area contributed by atoms with Crippen LogP contribution in [0.2, 0.25) is 5.02 Å². The van der Waals surface area contributed by atoms with E-state index < -0.39 is 3.92 Å². The van der Waals surface area contributed by atoms with Gasteiger partial charge in [0, 0.05) is 6.54 Å². The average Bonchev–Trinajstić information content (AvgIpc) is 2.70. The summed E-state index contributed by atoms with van der Waals surface area (Å²) in [5, 5.41) is 4.78. The van der Waals surface area contributed by atoms with E-state index in [1.165, 1.54) is 18.4 Å². The summed E-state index contributed by atoms with van der Waals surface area (Å²) in [6.07, 6.45) is 0. The topological polar surface area (TPSA) is 55.4 Å². The summed E-state index contributed by atoms with van der Waals surface area (Å²) >= 11 is 8.97. The van der Waals surface area contributed by atoms with Crippen LogP contribution in [0.1, 0.15) is 9.67 Å². The summed E-state index contributed by atoms with van der Waals surface area (Å²) in [5.74, 6) is -0.635. The van der Waals surface area contributed by atoms with Gasteiger partial charge in [-0.3, -0.25) is 9.59 Å². The first-order chi connectivity index (χ1) is 7.56. The molecule has 0 saturated heterocycles. The molecule has 16 heavy (non-hydrogen) atoms. The highest BCUT2D eigenvalue weighted by Gasteiger charge is 2.18. The van der Waals surface area contributed by atoms with Crippen molar-refractivity contribution >= 4 is 57.4 Å². The van der Waals surface area contributed by atoms with Gasteiger partial charge in [-0.05, 0) is 11.4 Å². The summed E-state index contributed by atoms with van der Waals surface area (Å²) in [7, 11) is 1.31. The Hall–Kier alpha value is -0.340. The highest BCUT2D eigenvalue weighted by Crippen LogP contribution is 2.21. The molecule has 88 valence electrons. The Morgan fingerprint density at radius 1 is 1.69 bits per heavy atom. The van der Waals surface area contributed by atoms with Gasteiger partial charge in [0.1, 0.15) is 8.80 Å². The maximum atomic E-state index is 11.6. The largest absolute Gasteiger partial charge is 0.468 e. The molecule has 0 aromatic carbocycles. The van der Waals surface area contributed by atoms with Crippen molar-refractivity contribution in [3.05, 3.63) is 21.3 Å². The van der Waals surface area contributed by atoms with Crippen LogP contribution in [0.5, 0.6) is 0 Å². The SMILES string of the molecule is COC(=O)C(I)CNC(=O)c1sccc1Cl. The van der Waals surface area contributed by atoms with Gasteiger partial charge in [-0.1, -0.05) is 34.2 Å². The standard InChI is InChI=1S/C9H9ClINO3S/c1-15-9(14)6(11)4-12-8(13)7-5(10)2-3-16-7/h2-3,6H,4H2,1H3,(H,12,13). The lowest BCUT2D eigenvalue weighted by molar-refractivity contribution is -0.139.